The van der Waals surface area contributed by atoms with Crippen molar-refractivity contribution in [2.45, 2.75) is 11.4 Å². The maximum atomic E-state index is 12.3. The number of thioether (sulfide) groups is 1. The summed E-state index contributed by atoms with van der Waals surface area (Å²) >= 11 is 8.14. The number of nitrogens with zero attached hydrogens (tertiary/aromatic N) is 3. The van der Waals surface area contributed by atoms with Crippen LogP contribution in [0.2, 0.25) is 0 Å². The number of aliphatic carboxylic acids is 1. The predicted molar refractivity (Wildman–Crippen MR) is 90.4 cm³/mol. The molecule has 3 heterocycles. The van der Waals surface area contributed by atoms with Crippen LogP contribution in [0.5, 0.6) is 0 Å². The van der Waals surface area contributed by atoms with Crippen molar-refractivity contribution < 1.29 is 24.7 Å². The van der Waals surface area contributed by atoms with Crippen LogP contribution < -0.4 is 11.1 Å². The summed E-state index contributed by atoms with van der Waals surface area (Å²) in [5.41, 5.74) is 4.86. The number of fused-ring (bicyclic) bond motifs is 1. The molecule has 2 aliphatic heterocycles. The fourth-order valence-electron chi connectivity index (χ4n) is 2.40. The van der Waals surface area contributed by atoms with E-state index in [0.717, 1.165) is 16.2 Å². The first kappa shape index (κ1) is 17.5. The molecule has 132 valence electrons. The summed E-state index contributed by atoms with van der Waals surface area (Å²) in [5.74, 6) is -2.56. The molecule has 0 bridgehead atoms. The van der Waals surface area contributed by atoms with E-state index in [0.29, 0.717) is 0 Å². The van der Waals surface area contributed by atoms with Gasteiger partial charge in [-0.2, -0.15) is 0 Å². The topological polar surface area (TPSA) is 158 Å². The van der Waals surface area contributed by atoms with E-state index in [1.807, 2.05) is 0 Å². The van der Waals surface area contributed by atoms with Gasteiger partial charge in [0.1, 0.15) is 22.8 Å². The molecule has 1 aromatic heterocycles. The van der Waals surface area contributed by atoms with E-state index in [1.54, 1.807) is 0 Å². The Morgan fingerprint density at radius 1 is 1.52 bits per heavy atom. The number of halogens is 1. The van der Waals surface area contributed by atoms with Gasteiger partial charge in [-0.3, -0.25) is 14.5 Å². The van der Waals surface area contributed by atoms with Crippen LogP contribution in [0, 0.1) is 0 Å². The molecule has 1 saturated heterocycles. The third-order valence-electron chi connectivity index (χ3n) is 3.49. The lowest BCUT2D eigenvalue weighted by Gasteiger charge is -2.48. The van der Waals surface area contributed by atoms with Gasteiger partial charge in [-0.05, 0) is 0 Å². The zero-order valence-electron chi connectivity index (χ0n) is 12.2. The number of nitrogen functional groups attached to an aromatic ring is 1. The van der Waals surface area contributed by atoms with Gasteiger partial charge in [-0.1, -0.05) is 16.8 Å². The number of aromatic nitrogens is 1. The van der Waals surface area contributed by atoms with E-state index in [4.69, 9.17) is 22.5 Å². The number of hydrogen-bond donors (Lipinski definition) is 4. The van der Waals surface area contributed by atoms with Crippen LogP contribution in [0.4, 0.5) is 5.13 Å². The molecule has 1 fully saturated rings. The molecule has 10 nitrogen and oxygen atoms in total. The van der Waals surface area contributed by atoms with Crippen LogP contribution in [0.25, 0.3) is 0 Å². The zero-order valence-corrected chi connectivity index (χ0v) is 14.6. The van der Waals surface area contributed by atoms with E-state index < -0.39 is 34.9 Å². The highest BCUT2D eigenvalue weighted by Gasteiger charge is 2.54. The fourth-order valence-corrected chi connectivity index (χ4v) is 4.50. The number of carboxylic acid groups (broad SMARTS) is 1. The van der Waals surface area contributed by atoms with Gasteiger partial charge in [0.2, 0.25) is 0 Å². The molecular formula is C12H10ClN5O5S2. The first-order valence-corrected chi connectivity index (χ1v) is 8.96. The zero-order chi connectivity index (χ0) is 18.3. The first-order chi connectivity index (χ1) is 11.8. The largest absolute Gasteiger partial charge is 0.477 e. The number of carbonyl (C=O) groups excluding carboxylic acids is 2. The van der Waals surface area contributed by atoms with Gasteiger partial charge >= 0.3 is 5.97 Å². The Morgan fingerprint density at radius 3 is 2.80 bits per heavy atom. The van der Waals surface area contributed by atoms with Gasteiger partial charge in [0.15, 0.2) is 10.8 Å². The highest BCUT2D eigenvalue weighted by Crippen LogP contribution is 2.41. The monoisotopic (exact) mass is 403 g/mol. The number of oxime groups is 1. The van der Waals surface area contributed by atoms with Crippen molar-refractivity contribution in [3.8, 4) is 0 Å². The number of β-lactam (4-membered cyclic amide) rings is 1. The van der Waals surface area contributed by atoms with Crippen molar-refractivity contribution in [1.82, 2.24) is 15.2 Å². The number of amides is 2. The normalized spacial score (nSPS) is 23.2. The third-order valence-corrected chi connectivity index (χ3v) is 5.92. The summed E-state index contributed by atoms with van der Waals surface area (Å²) < 4.78 is 0. The lowest BCUT2D eigenvalue weighted by molar-refractivity contribution is -0.150. The van der Waals surface area contributed by atoms with Crippen LogP contribution in [0.1, 0.15) is 5.69 Å². The van der Waals surface area contributed by atoms with Gasteiger partial charge in [-0.15, -0.1) is 23.1 Å². The van der Waals surface area contributed by atoms with Crippen molar-refractivity contribution in [2.24, 2.45) is 5.16 Å². The highest BCUT2D eigenvalue weighted by molar-refractivity contribution is 8.00. The molecule has 2 amide bonds. The van der Waals surface area contributed by atoms with Gasteiger partial charge < -0.3 is 21.4 Å². The van der Waals surface area contributed by atoms with Crippen molar-refractivity contribution in [1.29, 1.82) is 0 Å². The second-order valence-electron chi connectivity index (χ2n) is 4.94. The van der Waals surface area contributed by atoms with E-state index in [1.165, 1.54) is 17.1 Å². The Kier molecular flexibility index (Phi) is 4.58. The molecule has 13 heteroatoms. The molecule has 0 saturated carbocycles. The minimum Gasteiger partial charge on any atom is -0.477 e. The summed E-state index contributed by atoms with van der Waals surface area (Å²) in [6, 6.07) is -0.968. The summed E-state index contributed by atoms with van der Waals surface area (Å²) in [6.07, 6.45) is 0. The maximum Gasteiger partial charge on any atom is 0.353 e. The molecule has 2 aliphatic rings. The maximum absolute atomic E-state index is 12.3. The third kappa shape index (κ3) is 2.92. The molecule has 5 N–H and O–H groups in total. The smallest absolute Gasteiger partial charge is 0.353 e. The number of nitrogens with one attached hydrogen (secondary N) is 1. The molecule has 0 unspecified atom stereocenters. The van der Waals surface area contributed by atoms with Gasteiger partial charge in [0.25, 0.3) is 11.8 Å². The SMILES string of the molecule is Nc1nc(C(=NO)C(=O)N[C@@H]2C(=O)N3C(C(=O)O)=C(Cl)CS[C@H]23)cs1. The van der Waals surface area contributed by atoms with Gasteiger partial charge in [0, 0.05) is 11.1 Å². The van der Waals surface area contributed by atoms with E-state index in [9.17, 15) is 19.5 Å². The van der Waals surface area contributed by atoms with Crippen molar-refractivity contribution >= 4 is 63.3 Å². The molecule has 0 aromatic carbocycles. The molecular weight excluding hydrogens is 394 g/mol. The van der Waals surface area contributed by atoms with Crippen molar-refractivity contribution in [3.05, 3.63) is 21.8 Å². The highest BCUT2D eigenvalue weighted by atomic mass is 35.5. The fraction of sp³-hybridized carbons (Fsp3) is 0.250. The minimum atomic E-state index is -1.32. The molecule has 3 rings (SSSR count). The molecule has 2 atom stereocenters. The van der Waals surface area contributed by atoms with Gasteiger partial charge in [-0.25, -0.2) is 9.78 Å². The van der Waals surface area contributed by atoms with Crippen molar-refractivity contribution in [2.75, 3.05) is 11.5 Å². The Bertz CT molecular complexity index is 838. The Labute approximate surface area is 153 Å². The Morgan fingerprint density at radius 2 is 2.24 bits per heavy atom. The average molecular weight is 404 g/mol. The van der Waals surface area contributed by atoms with E-state index in [2.05, 4.69) is 15.5 Å². The van der Waals surface area contributed by atoms with Crippen molar-refractivity contribution in [3.63, 3.8) is 0 Å². The minimum absolute atomic E-state index is 0.0578. The number of hydrogen-bond acceptors (Lipinski definition) is 9. The van der Waals surface area contributed by atoms with E-state index in [-0.39, 0.29) is 27.3 Å². The Hall–Kier alpha value is -2.31. The molecule has 1 aromatic rings. The second kappa shape index (κ2) is 6.54. The number of thiazole rings is 1. The van der Waals surface area contributed by atoms with Crippen LogP contribution in [-0.2, 0) is 14.4 Å². The number of nitrogens with two attached hydrogens (primary N) is 1. The average Bonchev–Trinajstić information content (AvgIpc) is 2.98. The lowest BCUT2D eigenvalue weighted by atomic mass is 10.0. The number of rotatable bonds is 4. The van der Waals surface area contributed by atoms with Crippen LogP contribution >= 0.6 is 34.7 Å². The molecule has 25 heavy (non-hydrogen) atoms. The molecule has 0 spiro atoms. The predicted octanol–water partition coefficient (Wildman–Crippen LogP) is -0.161. The van der Waals surface area contributed by atoms with Crippen LogP contribution in [-0.4, -0.2) is 60.9 Å². The summed E-state index contributed by atoms with van der Waals surface area (Å²) in [4.78, 5) is 40.7. The standard InChI is InChI=1S/C12H10ClN5O5S2/c13-3-1-24-10-6(9(20)18(10)7(3)11(21)22)16-8(19)5(17-23)4-2-25-12(14)15-4/h2,6,10,23H,1H2,(H2,14,15)(H,16,19)(H,21,22)/t6-,10-/m1/s1. The summed E-state index contributed by atoms with van der Waals surface area (Å²) in [6.45, 7) is 0. The second-order valence-corrected chi connectivity index (χ2v) is 7.39. The lowest BCUT2D eigenvalue weighted by Crippen LogP contribution is -2.70. The number of carbonyl (C=O) groups is 3. The van der Waals surface area contributed by atoms with Crippen LogP contribution in [0.15, 0.2) is 21.3 Å². The van der Waals surface area contributed by atoms with Gasteiger partial charge in [0.05, 0.1) is 5.03 Å². The molecule has 0 radical (unpaired) electrons. The first-order valence-electron chi connectivity index (χ1n) is 6.66. The number of anilines is 1. The number of carboxylic acids is 1. The Balaban J connectivity index is 1.76. The van der Waals surface area contributed by atoms with E-state index >= 15 is 0 Å². The summed E-state index contributed by atoms with van der Waals surface area (Å²) in [7, 11) is 0. The molecule has 0 aliphatic carbocycles. The van der Waals surface area contributed by atoms with Crippen LogP contribution in [0.3, 0.4) is 0 Å². The summed E-state index contributed by atoms with van der Waals surface area (Å²) in [5, 5.41) is 24.6. The quantitative estimate of drug-likeness (QED) is 0.233.